The maximum absolute atomic E-state index is 11.4. The van der Waals surface area contributed by atoms with Crippen molar-refractivity contribution >= 4 is 23.4 Å². The van der Waals surface area contributed by atoms with Gasteiger partial charge in [0, 0.05) is 12.2 Å². The molecule has 122 valence electrons. The largest absolute Gasteiger partial charge is 0.465 e. The highest BCUT2D eigenvalue weighted by molar-refractivity contribution is 5.89. The third-order valence-electron chi connectivity index (χ3n) is 3.14. The molecule has 0 saturated carbocycles. The van der Waals surface area contributed by atoms with Gasteiger partial charge in [-0.05, 0) is 36.6 Å². The van der Waals surface area contributed by atoms with Gasteiger partial charge >= 0.3 is 5.97 Å². The second kappa shape index (κ2) is 8.07. The fourth-order valence-electron chi connectivity index (χ4n) is 1.87. The number of benzene rings is 1. The first kappa shape index (κ1) is 16.7. The predicted molar refractivity (Wildman–Crippen MR) is 88.8 cm³/mol. The van der Waals surface area contributed by atoms with Crippen LogP contribution in [0.3, 0.4) is 0 Å². The van der Waals surface area contributed by atoms with E-state index in [9.17, 15) is 4.79 Å². The molecule has 0 atom stereocenters. The molecule has 0 unspecified atom stereocenters. The molecule has 0 saturated heterocycles. The monoisotopic (exact) mass is 315 g/mol. The van der Waals surface area contributed by atoms with Crippen molar-refractivity contribution in [1.29, 1.82) is 0 Å². The summed E-state index contributed by atoms with van der Waals surface area (Å²) in [4.78, 5) is 15.7. The fourth-order valence-corrected chi connectivity index (χ4v) is 1.87. The molecule has 1 aromatic heterocycles. The van der Waals surface area contributed by atoms with Crippen molar-refractivity contribution in [3.63, 3.8) is 0 Å². The van der Waals surface area contributed by atoms with Gasteiger partial charge in [0.1, 0.15) is 0 Å². The standard InChI is InChI=1S/C16H21N5O2/c1-11(2)8-9-17-16-20-14(10-18-21-16)19-13-6-4-12(5-7-13)15(22)23-3/h4-7,10-11H,8-9H2,1-3H3,(H2,17,19,20,21). The van der Waals surface area contributed by atoms with Crippen LogP contribution >= 0.6 is 0 Å². The summed E-state index contributed by atoms with van der Waals surface area (Å²) in [6.07, 6.45) is 2.58. The number of carbonyl (C=O) groups excluding carboxylic acids is 1. The number of ether oxygens (including phenoxy) is 1. The minimum absolute atomic E-state index is 0.364. The van der Waals surface area contributed by atoms with Gasteiger partial charge in [0.25, 0.3) is 0 Å². The number of nitrogens with one attached hydrogen (secondary N) is 2. The summed E-state index contributed by atoms with van der Waals surface area (Å²) in [5, 5.41) is 14.1. The molecule has 2 aromatic rings. The first-order valence-electron chi connectivity index (χ1n) is 7.47. The highest BCUT2D eigenvalue weighted by Crippen LogP contribution is 2.15. The summed E-state index contributed by atoms with van der Waals surface area (Å²) in [5.74, 6) is 1.32. The summed E-state index contributed by atoms with van der Waals surface area (Å²) < 4.78 is 4.67. The average molecular weight is 315 g/mol. The lowest BCUT2D eigenvalue weighted by Gasteiger charge is -2.09. The van der Waals surface area contributed by atoms with Crippen LogP contribution in [0.25, 0.3) is 0 Å². The van der Waals surface area contributed by atoms with E-state index in [1.54, 1.807) is 30.5 Å². The van der Waals surface area contributed by atoms with Crippen LogP contribution in [-0.2, 0) is 4.74 Å². The maximum Gasteiger partial charge on any atom is 0.337 e. The molecule has 0 radical (unpaired) electrons. The first-order valence-corrected chi connectivity index (χ1v) is 7.47. The van der Waals surface area contributed by atoms with Crippen molar-refractivity contribution in [2.45, 2.75) is 20.3 Å². The molecule has 0 bridgehead atoms. The van der Waals surface area contributed by atoms with E-state index < -0.39 is 0 Å². The van der Waals surface area contributed by atoms with Crippen LogP contribution in [0.5, 0.6) is 0 Å². The number of anilines is 3. The van der Waals surface area contributed by atoms with Crippen LogP contribution in [-0.4, -0.2) is 34.8 Å². The van der Waals surface area contributed by atoms with Gasteiger partial charge in [-0.3, -0.25) is 0 Å². The van der Waals surface area contributed by atoms with Crippen LogP contribution in [0.1, 0.15) is 30.6 Å². The Labute approximate surface area is 135 Å². The van der Waals surface area contributed by atoms with Gasteiger partial charge in [-0.1, -0.05) is 13.8 Å². The molecular weight excluding hydrogens is 294 g/mol. The molecule has 1 aromatic carbocycles. The average Bonchev–Trinajstić information content (AvgIpc) is 2.55. The number of nitrogens with zero attached hydrogens (tertiary/aromatic N) is 3. The zero-order valence-electron chi connectivity index (χ0n) is 13.5. The molecule has 0 spiro atoms. The predicted octanol–water partition coefficient (Wildman–Crippen LogP) is 2.86. The van der Waals surface area contributed by atoms with Crippen molar-refractivity contribution in [3.8, 4) is 0 Å². The summed E-state index contributed by atoms with van der Waals surface area (Å²) >= 11 is 0. The highest BCUT2D eigenvalue weighted by Gasteiger charge is 2.05. The highest BCUT2D eigenvalue weighted by atomic mass is 16.5. The van der Waals surface area contributed by atoms with E-state index in [2.05, 4.69) is 44.4 Å². The Kier molecular flexibility index (Phi) is 5.85. The van der Waals surface area contributed by atoms with Crippen molar-refractivity contribution < 1.29 is 9.53 Å². The third kappa shape index (κ3) is 5.21. The number of esters is 1. The van der Waals surface area contributed by atoms with Crippen LogP contribution in [0, 0.1) is 5.92 Å². The molecule has 0 amide bonds. The van der Waals surface area contributed by atoms with E-state index in [1.165, 1.54) is 7.11 Å². The van der Waals surface area contributed by atoms with Gasteiger partial charge in [-0.25, -0.2) is 4.79 Å². The van der Waals surface area contributed by atoms with E-state index in [0.29, 0.717) is 23.2 Å². The summed E-state index contributed by atoms with van der Waals surface area (Å²) in [5.41, 5.74) is 1.29. The van der Waals surface area contributed by atoms with Gasteiger partial charge in [0.15, 0.2) is 5.82 Å². The molecule has 0 fully saturated rings. The lowest BCUT2D eigenvalue weighted by atomic mass is 10.1. The summed E-state index contributed by atoms with van der Waals surface area (Å²) in [7, 11) is 1.36. The number of carbonyl (C=O) groups is 1. The Bertz CT molecular complexity index is 643. The van der Waals surface area contributed by atoms with Crippen molar-refractivity contribution in [2.24, 2.45) is 5.92 Å². The van der Waals surface area contributed by atoms with Gasteiger partial charge in [0.2, 0.25) is 5.95 Å². The molecule has 2 N–H and O–H groups in total. The number of aromatic nitrogens is 3. The number of hydrogen-bond donors (Lipinski definition) is 2. The SMILES string of the molecule is COC(=O)c1ccc(Nc2cnnc(NCCC(C)C)n2)cc1. The number of hydrogen-bond acceptors (Lipinski definition) is 7. The Morgan fingerprint density at radius 2 is 2.00 bits per heavy atom. The van der Waals surface area contributed by atoms with Crippen molar-refractivity contribution in [1.82, 2.24) is 15.2 Å². The fraction of sp³-hybridized carbons (Fsp3) is 0.375. The number of rotatable bonds is 7. The minimum atomic E-state index is -0.364. The first-order chi connectivity index (χ1) is 11.1. The van der Waals surface area contributed by atoms with E-state index in [4.69, 9.17) is 0 Å². The molecule has 23 heavy (non-hydrogen) atoms. The second-order valence-corrected chi connectivity index (χ2v) is 5.47. The zero-order valence-corrected chi connectivity index (χ0v) is 13.5. The van der Waals surface area contributed by atoms with Gasteiger partial charge in [0.05, 0.1) is 18.9 Å². The molecule has 0 aliphatic rings. The molecule has 0 aliphatic heterocycles. The molecule has 7 heteroatoms. The summed E-state index contributed by atoms with van der Waals surface area (Å²) in [6, 6.07) is 6.93. The third-order valence-corrected chi connectivity index (χ3v) is 3.14. The minimum Gasteiger partial charge on any atom is -0.465 e. The van der Waals surface area contributed by atoms with Crippen molar-refractivity contribution in [2.75, 3.05) is 24.3 Å². The second-order valence-electron chi connectivity index (χ2n) is 5.47. The van der Waals surface area contributed by atoms with Crippen LogP contribution in [0.2, 0.25) is 0 Å². The lowest BCUT2D eigenvalue weighted by Crippen LogP contribution is -2.09. The molecule has 1 heterocycles. The Morgan fingerprint density at radius 1 is 1.26 bits per heavy atom. The topological polar surface area (TPSA) is 89.0 Å². The van der Waals surface area contributed by atoms with E-state index in [-0.39, 0.29) is 5.97 Å². The molecular formula is C16H21N5O2. The Balaban J connectivity index is 1.98. The number of methoxy groups -OCH3 is 1. The normalized spacial score (nSPS) is 10.4. The lowest BCUT2D eigenvalue weighted by molar-refractivity contribution is 0.0601. The van der Waals surface area contributed by atoms with Gasteiger partial charge in [-0.15, -0.1) is 5.10 Å². The maximum atomic E-state index is 11.4. The van der Waals surface area contributed by atoms with Gasteiger partial charge in [-0.2, -0.15) is 10.1 Å². The van der Waals surface area contributed by atoms with Crippen molar-refractivity contribution in [3.05, 3.63) is 36.0 Å². The quantitative estimate of drug-likeness (QED) is 0.759. The zero-order chi connectivity index (χ0) is 16.7. The Hall–Kier alpha value is -2.70. The Morgan fingerprint density at radius 3 is 2.65 bits per heavy atom. The van der Waals surface area contributed by atoms with E-state index in [0.717, 1.165) is 18.7 Å². The van der Waals surface area contributed by atoms with Crippen LogP contribution in [0.4, 0.5) is 17.5 Å². The van der Waals surface area contributed by atoms with E-state index in [1.807, 2.05) is 0 Å². The van der Waals surface area contributed by atoms with Crippen LogP contribution in [0.15, 0.2) is 30.5 Å². The van der Waals surface area contributed by atoms with Gasteiger partial charge < -0.3 is 15.4 Å². The molecule has 7 nitrogen and oxygen atoms in total. The molecule has 2 rings (SSSR count). The molecule has 0 aliphatic carbocycles. The smallest absolute Gasteiger partial charge is 0.337 e. The van der Waals surface area contributed by atoms with Crippen LogP contribution < -0.4 is 10.6 Å². The summed E-state index contributed by atoms with van der Waals surface area (Å²) in [6.45, 7) is 5.13. The van der Waals surface area contributed by atoms with E-state index >= 15 is 0 Å².